The molecule has 0 aliphatic heterocycles. The predicted molar refractivity (Wildman–Crippen MR) is 74.3 cm³/mol. The third-order valence-electron chi connectivity index (χ3n) is 2.36. The molecular formula is C14H22O2Si. The van der Waals surface area contributed by atoms with Gasteiger partial charge in [0.15, 0.2) is 5.78 Å². The lowest BCUT2D eigenvalue weighted by Gasteiger charge is -2.19. The number of ketones is 1. The van der Waals surface area contributed by atoms with E-state index in [0.717, 1.165) is 24.2 Å². The van der Waals surface area contributed by atoms with Crippen molar-refractivity contribution in [2.75, 3.05) is 0 Å². The van der Waals surface area contributed by atoms with Crippen molar-refractivity contribution in [2.45, 2.75) is 45.8 Å². The Kier molecular flexibility index (Phi) is 4.94. The fourth-order valence-electron chi connectivity index (χ4n) is 1.54. The van der Waals surface area contributed by atoms with Crippen molar-refractivity contribution in [3.63, 3.8) is 0 Å². The zero-order chi connectivity index (χ0) is 12.9. The molecule has 0 spiro atoms. The van der Waals surface area contributed by atoms with E-state index < -0.39 is 8.32 Å². The number of carbonyl (C=O) groups is 1. The fourth-order valence-corrected chi connectivity index (χ4v) is 2.39. The average Bonchev–Trinajstić information content (AvgIpc) is 2.24. The highest BCUT2D eigenvalue weighted by Gasteiger charge is 2.16. The maximum absolute atomic E-state index is 11.8. The van der Waals surface area contributed by atoms with Gasteiger partial charge in [0.25, 0.3) is 0 Å². The Balaban J connectivity index is 2.64. The summed E-state index contributed by atoms with van der Waals surface area (Å²) < 4.78 is 5.85. The minimum atomic E-state index is -1.55. The first-order valence-corrected chi connectivity index (χ1v) is 9.65. The van der Waals surface area contributed by atoms with Crippen LogP contribution in [-0.2, 0) is 0 Å². The standard InChI is InChI=1S/C14H22O2Si/c1-5-6-7-14(15)12-8-10-13(11-9-12)16-17(2,3)4/h8-11H,5-7H2,1-4H3. The molecule has 0 aromatic heterocycles. The van der Waals surface area contributed by atoms with Gasteiger partial charge in [-0.1, -0.05) is 13.3 Å². The molecule has 17 heavy (non-hydrogen) atoms. The maximum atomic E-state index is 11.8. The Morgan fingerprint density at radius 3 is 2.24 bits per heavy atom. The molecule has 0 bridgehead atoms. The quantitative estimate of drug-likeness (QED) is 0.556. The van der Waals surface area contributed by atoms with Crippen molar-refractivity contribution < 1.29 is 9.22 Å². The minimum absolute atomic E-state index is 0.228. The summed E-state index contributed by atoms with van der Waals surface area (Å²) >= 11 is 0. The summed E-state index contributed by atoms with van der Waals surface area (Å²) in [5, 5.41) is 0. The van der Waals surface area contributed by atoms with Crippen LogP contribution in [0.5, 0.6) is 5.75 Å². The summed E-state index contributed by atoms with van der Waals surface area (Å²) in [6.45, 7) is 8.53. The lowest BCUT2D eigenvalue weighted by Crippen LogP contribution is -2.29. The molecule has 0 saturated carbocycles. The van der Waals surface area contributed by atoms with Gasteiger partial charge in [0, 0.05) is 12.0 Å². The molecule has 0 aliphatic carbocycles. The van der Waals surface area contributed by atoms with Gasteiger partial charge in [-0.15, -0.1) is 0 Å². The summed E-state index contributed by atoms with van der Waals surface area (Å²) in [6, 6.07) is 7.54. The Hall–Kier alpha value is -1.09. The first kappa shape index (κ1) is 14.0. The van der Waals surface area contributed by atoms with Gasteiger partial charge in [0.05, 0.1) is 0 Å². The summed E-state index contributed by atoms with van der Waals surface area (Å²) in [4.78, 5) is 11.8. The van der Waals surface area contributed by atoms with E-state index in [9.17, 15) is 4.79 Å². The molecule has 94 valence electrons. The van der Waals surface area contributed by atoms with Crippen molar-refractivity contribution in [1.29, 1.82) is 0 Å². The van der Waals surface area contributed by atoms with Crippen molar-refractivity contribution >= 4 is 14.1 Å². The molecule has 0 atom stereocenters. The third kappa shape index (κ3) is 5.17. The molecule has 0 heterocycles. The van der Waals surface area contributed by atoms with Gasteiger partial charge in [-0.25, -0.2) is 0 Å². The number of Topliss-reactive ketones (excluding diaryl/α,β-unsaturated/α-hetero) is 1. The highest BCUT2D eigenvalue weighted by molar-refractivity contribution is 6.70. The van der Waals surface area contributed by atoms with Crippen molar-refractivity contribution in [3.05, 3.63) is 29.8 Å². The van der Waals surface area contributed by atoms with Crippen LogP contribution in [0.3, 0.4) is 0 Å². The summed E-state index contributed by atoms with van der Waals surface area (Å²) in [5.74, 6) is 1.10. The van der Waals surface area contributed by atoms with Crippen LogP contribution in [0.4, 0.5) is 0 Å². The Morgan fingerprint density at radius 2 is 1.76 bits per heavy atom. The van der Waals surface area contributed by atoms with Crippen LogP contribution in [0.25, 0.3) is 0 Å². The number of rotatable bonds is 6. The van der Waals surface area contributed by atoms with Crippen LogP contribution in [0, 0.1) is 0 Å². The minimum Gasteiger partial charge on any atom is -0.544 e. The van der Waals surface area contributed by atoms with E-state index in [1.807, 2.05) is 24.3 Å². The topological polar surface area (TPSA) is 26.3 Å². The molecular weight excluding hydrogens is 228 g/mol. The van der Waals surface area contributed by atoms with E-state index in [1.165, 1.54) is 0 Å². The van der Waals surface area contributed by atoms with Crippen LogP contribution in [-0.4, -0.2) is 14.1 Å². The number of hydrogen-bond donors (Lipinski definition) is 0. The highest BCUT2D eigenvalue weighted by Crippen LogP contribution is 2.18. The molecule has 1 rings (SSSR count). The first-order chi connectivity index (χ1) is 7.92. The number of carbonyl (C=O) groups excluding carboxylic acids is 1. The maximum Gasteiger partial charge on any atom is 0.242 e. The molecule has 1 aromatic rings. The molecule has 0 saturated heterocycles. The second kappa shape index (κ2) is 6.01. The molecule has 0 unspecified atom stereocenters. The smallest absolute Gasteiger partial charge is 0.242 e. The van der Waals surface area contributed by atoms with E-state index in [1.54, 1.807) is 0 Å². The van der Waals surface area contributed by atoms with E-state index in [-0.39, 0.29) is 5.78 Å². The number of benzene rings is 1. The molecule has 0 amide bonds. The summed E-state index contributed by atoms with van der Waals surface area (Å²) in [6.07, 6.45) is 2.67. The molecule has 1 aromatic carbocycles. The van der Waals surface area contributed by atoms with Crippen molar-refractivity contribution in [1.82, 2.24) is 0 Å². The molecule has 0 aliphatic rings. The number of unbranched alkanes of at least 4 members (excludes halogenated alkanes) is 1. The molecule has 0 fully saturated rings. The molecule has 2 nitrogen and oxygen atoms in total. The van der Waals surface area contributed by atoms with Gasteiger partial charge >= 0.3 is 0 Å². The van der Waals surface area contributed by atoms with Crippen LogP contribution in [0.1, 0.15) is 36.5 Å². The third-order valence-corrected chi connectivity index (χ3v) is 3.21. The van der Waals surface area contributed by atoms with Gasteiger partial charge in [0.2, 0.25) is 8.32 Å². The van der Waals surface area contributed by atoms with Crippen LogP contribution in [0.2, 0.25) is 19.6 Å². The van der Waals surface area contributed by atoms with Gasteiger partial charge in [-0.05, 0) is 50.3 Å². The van der Waals surface area contributed by atoms with Gasteiger partial charge < -0.3 is 4.43 Å². The SMILES string of the molecule is CCCCC(=O)c1ccc(O[Si](C)(C)C)cc1. The largest absolute Gasteiger partial charge is 0.544 e. The van der Waals surface area contributed by atoms with E-state index in [2.05, 4.69) is 26.6 Å². The van der Waals surface area contributed by atoms with Crippen LogP contribution >= 0.6 is 0 Å². The zero-order valence-electron chi connectivity index (χ0n) is 11.2. The highest BCUT2D eigenvalue weighted by atomic mass is 28.4. The second-order valence-electron chi connectivity index (χ2n) is 5.27. The summed E-state index contributed by atoms with van der Waals surface area (Å²) in [7, 11) is -1.55. The fraction of sp³-hybridized carbons (Fsp3) is 0.500. The molecule has 0 N–H and O–H groups in total. The van der Waals surface area contributed by atoms with Gasteiger partial charge in [-0.2, -0.15) is 0 Å². The van der Waals surface area contributed by atoms with Crippen LogP contribution in [0.15, 0.2) is 24.3 Å². The molecule has 0 radical (unpaired) electrons. The lowest BCUT2D eigenvalue weighted by molar-refractivity contribution is 0.0980. The van der Waals surface area contributed by atoms with E-state index in [4.69, 9.17) is 4.43 Å². The van der Waals surface area contributed by atoms with Gasteiger partial charge in [0.1, 0.15) is 5.75 Å². The van der Waals surface area contributed by atoms with Crippen molar-refractivity contribution in [2.24, 2.45) is 0 Å². The average molecular weight is 250 g/mol. The zero-order valence-corrected chi connectivity index (χ0v) is 12.2. The normalized spacial score (nSPS) is 11.3. The second-order valence-corrected chi connectivity index (χ2v) is 9.69. The first-order valence-electron chi connectivity index (χ1n) is 6.24. The molecule has 3 heteroatoms. The Morgan fingerprint density at radius 1 is 1.18 bits per heavy atom. The Bertz CT molecular complexity index is 363. The van der Waals surface area contributed by atoms with Crippen molar-refractivity contribution in [3.8, 4) is 5.75 Å². The van der Waals surface area contributed by atoms with E-state index in [0.29, 0.717) is 6.42 Å². The predicted octanol–water partition coefficient (Wildman–Crippen LogP) is 4.27. The van der Waals surface area contributed by atoms with Gasteiger partial charge in [-0.3, -0.25) is 4.79 Å². The monoisotopic (exact) mass is 250 g/mol. The number of hydrogen-bond acceptors (Lipinski definition) is 2. The Labute approximate surface area is 105 Å². The lowest BCUT2D eigenvalue weighted by atomic mass is 10.1. The summed E-state index contributed by atoms with van der Waals surface area (Å²) in [5.41, 5.74) is 0.793. The van der Waals surface area contributed by atoms with Crippen LogP contribution < -0.4 is 4.43 Å². The van der Waals surface area contributed by atoms with E-state index >= 15 is 0 Å².